The van der Waals surface area contributed by atoms with Crippen LogP contribution in [0.15, 0.2) is 18.3 Å². The molecule has 1 atom stereocenters. The van der Waals surface area contributed by atoms with Gasteiger partial charge in [0.25, 0.3) is 0 Å². The van der Waals surface area contributed by atoms with Crippen molar-refractivity contribution in [1.82, 2.24) is 4.98 Å². The van der Waals surface area contributed by atoms with E-state index in [2.05, 4.69) is 10.3 Å². The van der Waals surface area contributed by atoms with Crippen LogP contribution in [0.4, 0.5) is 19.0 Å². The van der Waals surface area contributed by atoms with Gasteiger partial charge in [-0.25, -0.2) is 4.98 Å². The minimum Gasteiger partial charge on any atom is -0.383 e. The van der Waals surface area contributed by atoms with Gasteiger partial charge in [-0.1, -0.05) is 6.92 Å². The number of hydrogen-bond acceptors (Lipinski definition) is 3. The summed E-state index contributed by atoms with van der Waals surface area (Å²) in [6.07, 6.45) is -2.42. The van der Waals surface area contributed by atoms with Crippen molar-refractivity contribution in [1.29, 1.82) is 0 Å². The molecule has 96 valence electrons. The minimum absolute atomic E-state index is 0.149. The molecule has 1 rings (SSSR count). The summed E-state index contributed by atoms with van der Waals surface area (Å²) in [5, 5.41) is 2.75. The number of halogens is 3. The maximum absolute atomic E-state index is 12.7. The standard InChI is InChI=1S/C11H15F3N2O/c1-3-8(7-17-2)16-10-9(11(12,13)14)5-4-6-15-10/h4-6,8H,3,7H2,1-2H3,(H,15,16). The Bertz CT molecular complexity index is 355. The lowest BCUT2D eigenvalue weighted by atomic mass is 10.2. The lowest BCUT2D eigenvalue weighted by Gasteiger charge is -2.19. The first kappa shape index (κ1) is 13.8. The number of methoxy groups -OCH3 is 1. The van der Waals surface area contributed by atoms with Gasteiger partial charge in [0.1, 0.15) is 5.82 Å². The van der Waals surface area contributed by atoms with Gasteiger partial charge in [0.15, 0.2) is 0 Å². The van der Waals surface area contributed by atoms with Gasteiger partial charge in [-0.05, 0) is 18.6 Å². The molecular formula is C11H15F3N2O. The predicted octanol–water partition coefficient (Wildman–Crippen LogP) is 2.94. The third-order valence-electron chi connectivity index (χ3n) is 2.31. The predicted molar refractivity (Wildman–Crippen MR) is 58.8 cm³/mol. The van der Waals surface area contributed by atoms with Crippen molar-refractivity contribution in [3.63, 3.8) is 0 Å². The normalized spacial score (nSPS) is 13.5. The molecule has 17 heavy (non-hydrogen) atoms. The summed E-state index contributed by atoms with van der Waals surface area (Å²) in [6.45, 7) is 2.21. The van der Waals surface area contributed by atoms with E-state index in [4.69, 9.17) is 4.74 Å². The summed E-state index contributed by atoms with van der Waals surface area (Å²) in [5.74, 6) is -0.149. The van der Waals surface area contributed by atoms with E-state index < -0.39 is 11.7 Å². The second kappa shape index (κ2) is 5.86. The Balaban J connectivity index is 2.90. The highest BCUT2D eigenvalue weighted by Gasteiger charge is 2.34. The number of anilines is 1. The van der Waals surface area contributed by atoms with Crippen molar-refractivity contribution >= 4 is 5.82 Å². The fourth-order valence-corrected chi connectivity index (χ4v) is 1.41. The van der Waals surface area contributed by atoms with Crippen molar-refractivity contribution in [3.8, 4) is 0 Å². The molecule has 0 fully saturated rings. The monoisotopic (exact) mass is 248 g/mol. The molecule has 1 aromatic heterocycles. The second-order valence-electron chi connectivity index (χ2n) is 3.60. The molecule has 0 aliphatic heterocycles. The van der Waals surface area contributed by atoms with E-state index in [1.807, 2.05) is 6.92 Å². The molecule has 6 heteroatoms. The van der Waals surface area contributed by atoms with Gasteiger partial charge in [0.05, 0.1) is 18.2 Å². The highest BCUT2D eigenvalue weighted by molar-refractivity contribution is 5.46. The molecule has 1 heterocycles. The van der Waals surface area contributed by atoms with Crippen LogP contribution in [-0.4, -0.2) is 24.7 Å². The van der Waals surface area contributed by atoms with Crippen LogP contribution in [0, 0.1) is 0 Å². The van der Waals surface area contributed by atoms with Crippen LogP contribution in [0.3, 0.4) is 0 Å². The number of pyridine rings is 1. The van der Waals surface area contributed by atoms with Gasteiger partial charge in [0, 0.05) is 13.3 Å². The van der Waals surface area contributed by atoms with E-state index >= 15 is 0 Å². The molecule has 0 aliphatic rings. The molecule has 0 saturated heterocycles. The Morgan fingerprint density at radius 1 is 1.47 bits per heavy atom. The first-order valence-electron chi connectivity index (χ1n) is 5.26. The quantitative estimate of drug-likeness (QED) is 0.869. The third-order valence-corrected chi connectivity index (χ3v) is 2.31. The largest absolute Gasteiger partial charge is 0.419 e. The van der Waals surface area contributed by atoms with E-state index in [1.54, 1.807) is 0 Å². The molecule has 0 radical (unpaired) electrons. The van der Waals surface area contributed by atoms with Crippen LogP contribution in [-0.2, 0) is 10.9 Å². The maximum Gasteiger partial charge on any atom is 0.419 e. The number of alkyl halides is 3. The van der Waals surface area contributed by atoms with Crippen LogP contribution >= 0.6 is 0 Å². The van der Waals surface area contributed by atoms with Crippen LogP contribution in [0.1, 0.15) is 18.9 Å². The molecule has 1 aromatic rings. The van der Waals surface area contributed by atoms with Crippen LogP contribution in [0.2, 0.25) is 0 Å². The first-order valence-corrected chi connectivity index (χ1v) is 5.26. The maximum atomic E-state index is 12.7. The van der Waals surface area contributed by atoms with Crippen molar-refractivity contribution in [2.75, 3.05) is 19.0 Å². The van der Waals surface area contributed by atoms with E-state index in [1.165, 1.54) is 19.4 Å². The van der Waals surface area contributed by atoms with Crippen LogP contribution < -0.4 is 5.32 Å². The van der Waals surface area contributed by atoms with Gasteiger partial charge >= 0.3 is 6.18 Å². The zero-order chi connectivity index (χ0) is 12.9. The summed E-state index contributed by atoms with van der Waals surface area (Å²) in [4.78, 5) is 3.73. The van der Waals surface area contributed by atoms with E-state index in [-0.39, 0.29) is 11.9 Å². The van der Waals surface area contributed by atoms with Gasteiger partial charge < -0.3 is 10.1 Å². The van der Waals surface area contributed by atoms with Gasteiger partial charge in [-0.15, -0.1) is 0 Å². The highest BCUT2D eigenvalue weighted by Crippen LogP contribution is 2.33. The number of nitrogens with one attached hydrogen (secondary N) is 1. The Morgan fingerprint density at radius 3 is 2.71 bits per heavy atom. The molecule has 0 spiro atoms. The number of ether oxygens (including phenoxy) is 1. The molecule has 0 bridgehead atoms. The minimum atomic E-state index is -4.40. The van der Waals surface area contributed by atoms with E-state index in [0.717, 1.165) is 6.07 Å². The van der Waals surface area contributed by atoms with Crippen molar-refractivity contribution in [2.45, 2.75) is 25.6 Å². The third kappa shape index (κ3) is 3.89. The second-order valence-corrected chi connectivity index (χ2v) is 3.60. The zero-order valence-corrected chi connectivity index (χ0v) is 9.71. The molecule has 3 nitrogen and oxygen atoms in total. The molecule has 0 aromatic carbocycles. The molecule has 1 unspecified atom stereocenters. The lowest BCUT2D eigenvalue weighted by molar-refractivity contribution is -0.137. The molecule has 0 saturated carbocycles. The lowest BCUT2D eigenvalue weighted by Crippen LogP contribution is -2.26. The molecule has 1 N–H and O–H groups in total. The Hall–Kier alpha value is -1.30. The van der Waals surface area contributed by atoms with Gasteiger partial charge in [0.2, 0.25) is 0 Å². The number of hydrogen-bond donors (Lipinski definition) is 1. The van der Waals surface area contributed by atoms with E-state index in [0.29, 0.717) is 13.0 Å². The first-order chi connectivity index (χ1) is 7.99. The number of nitrogens with zero attached hydrogens (tertiary/aromatic N) is 1. The molecular weight excluding hydrogens is 233 g/mol. The average Bonchev–Trinajstić information content (AvgIpc) is 2.27. The van der Waals surface area contributed by atoms with Crippen molar-refractivity contribution < 1.29 is 17.9 Å². The average molecular weight is 248 g/mol. The molecule has 0 amide bonds. The smallest absolute Gasteiger partial charge is 0.383 e. The summed E-state index contributed by atoms with van der Waals surface area (Å²) in [5.41, 5.74) is -0.755. The highest BCUT2D eigenvalue weighted by atomic mass is 19.4. The number of aromatic nitrogens is 1. The summed E-state index contributed by atoms with van der Waals surface area (Å²) < 4.78 is 43.0. The van der Waals surface area contributed by atoms with Crippen LogP contribution in [0.25, 0.3) is 0 Å². The van der Waals surface area contributed by atoms with Crippen LogP contribution in [0.5, 0.6) is 0 Å². The van der Waals surface area contributed by atoms with Gasteiger partial charge in [-0.2, -0.15) is 13.2 Å². The SMILES string of the molecule is CCC(COC)Nc1ncccc1C(F)(F)F. The van der Waals surface area contributed by atoms with Gasteiger partial charge in [-0.3, -0.25) is 0 Å². The fourth-order valence-electron chi connectivity index (χ4n) is 1.41. The fraction of sp³-hybridized carbons (Fsp3) is 0.545. The Labute approximate surface area is 98.0 Å². The summed E-state index contributed by atoms with van der Waals surface area (Å²) in [6, 6.07) is 2.09. The topological polar surface area (TPSA) is 34.1 Å². The number of rotatable bonds is 5. The van der Waals surface area contributed by atoms with E-state index in [9.17, 15) is 13.2 Å². The van der Waals surface area contributed by atoms with Crippen molar-refractivity contribution in [2.24, 2.45) is 0 Å². The zero-order valence-electron chi connectivity index (χ0n) is 9.71. The summed E-state index contributed by atoms with van der Waals surface area (Å²) >= 11 is 0. The Kier molecular flexibility index (Phi) is 4.74. The summed E-state index contributed by atoms with van der Waals surface area (Å²) in [7, 11) is 1.51. The Morgan fingerprint density at radius 2 is 2.18 bits per heavy atom. The van der Waals surface area contributed by atoms with Crippen molar-refractivity contribution in [3.05, 3.63) is 23.9 Å². The molecule has 0 aliphatic carbocycles.